The molecule has 1 heterocycles. The van der Waals surface area contributed by atoms with Crippen molar-refractivity contribution in [1.29, 1.82) is 0 Å². The molecule has 1 saturated heterocycles. The molecule has 8 nitrogen and oxygen atoms in total. The molecule has 1 rings (SSSR count). The van der Waals surface area contributed by atoms with Gasteiger partial charge in [-0.2, -0.15) is 0 Å². The Labute approximate surface area is 97.5 Å². The first-order valence-corrected chi connectivity index (χ1v) is 13.6. The Morgan fingerprint density at radius 2 is 0.750 bits per heavy atom. The fraction of sp³-hybridized carbons (Fsp3) is 1.00. The maximum atomic E-state index is 9.53. The summed E-state index contributed by atoms with van der Waals surface area (Å²) in [6, 6.07) is 0. The molecule has 0 bridgehead atoms. The molecule has 0 saturated carbocycles. The van der Waals surface area contributed by atoms with E-state index in [0.29, 0.717) is 0 Å². The third kappa shape index (κ3) is 4.43. The highest BCUT2D eigenvalue weighted by Gasteiger charge is 2.59. The topological polar surface area (TPSA) is 118 Å². The first-order valence-electron chi connectivity index (χ1n) is 4.53. The summed E-state index contributed by atoms with van der Waals surface area (Å²) in [5.41, 5.74) is 0. The van der Waals surface area contributed by atoms with Gasteiger partial charge in [0.15, 0.2) is 0 Å². The Morgan fingerprint density at radius 1 is 0.562 bits per heavy atom. The minimum absolute atomic E-state index is 1.43. The summed E-state index contributed by atoms with van der Waals surface area (Å²) in [5.74, 6) is 0. The van der Waals surface area contributed by atoms with Crippen molar-refractivity contribution in [2.45, 2.75) is 26.2 Å². The molecule has 0 atom stereocenters. The highest BCUT2D eigenvalue weighted by Crippen LogP contribution is 2.25. The fourth-order valence-electron chi connectivity index (χ4n) is 1.36. The van der Waals surface area contributed by atoms with Crippen molar-refractivity contribution in [3.63, 3.8) is 0 Å². The van der Waals surface area contributed by atoms with Gasteiger partial charge in [-0.15, -0.1) is 0 Å². The largest absolute Gasteiger partial charge is 0.656 e. The van der Waals surface area contributed by atoms with E-state index in [1.54, 1.807) is 0 Å². The van der Waals surface area contributed by atoms with Gasteiger partial charge in [0.25, 0.3) is 0 Å². The lowest BCUT2D eigenvalue weighted by molar-refractivity contribution is 0.0496. The van der Waals surface area contributed by atoms with E-state index in [2.05, 4.69) is 0 Å². The molecule has 12 heteroatoms. The van der Waals surface area contributed by atoms with E-state index in [-0.39, 0.29) is 0 Å². The van der Waals surface area contributed by atoms with Gasteiger partial charge in [-0.3, -0.25) is 0 Å². The third-order valence-corrected chi connectivity index (χ3v) is 13.6. The second-order valence-corrected chi connectivity index (χ2v) is 15.4. The van der Waals surface area contributed by atoms with Gasteiger partial charge < -0.3 is 35.6 Å². The zero-order chi connectivity index (χ0) is 12.8. The molecule has 0 radical (unpaired) electrons. The molecule has 96 valence electrons. The Bertz CT molecular complexity index is 205. The maximum Gasteiger partial charge on any atom is 0.656 e. The fourth-order valence-corrected chi connectivity index (χ4v) is 13.8. The van der Waals surface area contributed by atoms with E-state index in [4.69, 9.17) is 16.5 Å². The van der Waals surface area contributed by atoms with Crippen LogP contribution < -0.4 is 0 Å². The van der Waals surface area contributed by atoms with Crippen molar-refractivity contribution in [2.75, 3.05) is 0 Å². The quantitative estimate of drug-likeness (QED) is 0.392. The minimum atomic E-state index is -4.33. The van der Waals surface area contributed by atoms with Gasteiger partial charge in [0.2, 0.25) is 0 Å². The molecule has 0 amide bonds. The van der Waals surface area contributed by atoms with Crippen LogP contribution >= 0.6 is 0 Å². The lowest BCUT2D eigenvalue weighted by Crippen LogP contribution is -2.68. The molecule has 1 aliphatic heterocycles. The van der Waals surface area contributed by atoms with Gasteiger partial charge in [-0.25, -0.2) is 0 Å². The van der Waals surface area contributed by atoms with Crippen LogP contribution in [0.15, 0.2) is 0 Å². The molecule has 1 fully saturated rings. The second-order valence-electron chi connectivity index (χ2n) is 4.30. The molecular weight excluding hydrogens is 288 g/mol. The molecule has 16 heavy (non-hydrogen) atoms. The van der Waals surface area contributed by atoms with Crippen LogP contribution in [0.3, 0.4) is 0 Å². The molecular formula is C4H16O8Si4. The smallest absolute Gasteiger partial charge is 0.371 e. The van der Waals surface area contributed by atoms with E-state index in [9.17, 15) is 19.2 Å². The second kappa shape index (κ2) is 4.04. The van der Waals surface area contributed by atoms with Crippen LogP contribution in [0.2, 0.25) is 26.2 Å². The Hall–Kier alpha value is 0.548. The van der Waals surface area contributed by atoms with E-state index < -0.39 is 35.2 Å². The monoisotopic (exact) mass is 304 g/mol. The van der Waals surface area contributed by atoms with Crippen LogP contribution in [0.5, 0.6) is 0 Å². The van der Waals surface area contributed by atoms with Crippen LogP contribution in [0.25, 0.3) is 0 Å². The lowest BCUT2D eigenvalue weighted by Gasteiger charge is -2.40. The van der Waals surface area contributed by atoms with Crippen molar-refractivity contribution in [3.8, 4) is 0 Å². The molecule has 0 aromatic rings. The predicted molar refractivity (Wildman–Crippen MR) is 59.7 cm³/mol. The lowest BCUT2D eigenvalue weighted by atomic mass is 11.9. The van der Waals surface area contributed by atoms with Crippen LogP contribution in [0.1, 0.15) is 0 Å². The zero-order valence-corrected chi connectivity index (χ0v) is 13.4. The number of rotatable bonds is 0. The molecule has 4 N–H and O–H groups in total. The average Bonchev–Trinajstić information content (AvgIpc) is 1.67. The van der Waals surface area contributed by atoms with Crippen molar-refractivity contribution >= 4 is 35.2 Å². The molecule has 0 aromatic carbocycles. The predicted octanol–water partition coefficient (Wildman–Crippen LogP) is -1.69. The summed E-state index contributed by atoms with van der Waals surface area (Å²) < 4.78 is 19.8. The van der Waals surface area contributed by atoms with E-state index >= 15 is 0 Å². The van der Waals surface area contributed by atoms with E-state index in [1.807, 2.05) is 0 Å². The van der Waals surface area contributed by atoms with Crippen LogP contribution in [-0.2, 0) is 16.5 Å². The SMILES string of the molecule is C[Si]1(C)O[Si](O)(O)O[Si](C)(C)O[Si](O)(O)O1. The van der Waals surface area contributed by atoms with Crippen molar-refractivity contribution in [2.24, 2.45) is 0 Å². The summed E-state index contributed by atoms with van der Waals surface area (Å²) in [6.45, 7) is 5.73. The molecule has 0 unspecified atom stereocenters. The Balaban J connectivity index is 2.98. The zero-order valence-electron chi connectivity index (χ0n) is 9.42. The van der Waals surface area contributed by atoms with Gasteiger partial charge in [-0.1, -0.05) is 0 Å². The summed E-state index contributed by atoms with van der Waals surface area (Å²) in [6.07, 6.45) is 0. The molecule has 0 aromatic heterocycles. The molecule has 1 aliphatic rings. The average molecular weight is 305 g/mol. The summed E-state index contributed by atoms with van der Waals surface area (Å²) in [5, 5.41) is 0. The van der Waals surface area contributed by atoms with Crippen molar-refractivity contribution < 1.29 is 35.6 Å². The number of hydrogen-bond donors (Lipinski definition) is 4. The summed E-state index contributed by atoms with van der Waals surface area (Å²) >= 11 is 0. The van der Waals surface area contributed by atoms with E-state index in [1.165, 1.54) is 26.2 Å². The van der Waals surface area contributed by atoms with Gasteiger partial charge >= 0.3 is 35.2 Å². The highest BCUT2D eigenvalue weighted by molar-refractivity contribution is 6.87. The normalized spacial score (nSPS) is 31.5. The summed E-state index contributed by atoms with van der Waals surface area (Å²) in [4.78, 5) is 38.1. The first-order chi connectivity index (χ1) is 6.83. The van der Waals surface area contributed by atoms with Crippen LogP contribution in [0.4, 0.5) is 0 Å². The maximum absolute atomic E-state index is 9.53. The molecule has 0 spiro atoms. The van der Waals surface area contributed by atoms with E-state index in [0.717, 1.165) is 0 Å². The van der Waals surface area contributed by atoms with Crippen molar-refractivity contribution in [3.05, 3.63) is 0 Å². The van der Waals surface area contributed by atoms with Crippen LogP contribution in [0, 0.1) is 0 Å². The van der Waals surface area contributed by atoms with Gasteiger partial charge in [-0.05, 0) is 26.2 Å². The van der Waals surface area contributed by atoms with Gasteiger partial charge in [0.1, 0.15) is 0 Å². The van der Waals surface area contributed by atoms with Crippen LogP contribution in [-0.4, -0.2) is 54.4 Å². The first kappa shape index (κ1) is 14.6. The van der Waals surface area contributed by atoms with Gasteiger partial charge in [0.05, 0.1) is 0 Å². The Morgan fingerprint density at radius 3 is 0.938 bits per heavy atom. The standard InChI is InChI=1S/C4H16O8Si4/c1-13(2)9-15(5,6)11-14(3,4)12-16(7,8)10-13/h5-8H,1-4H3. The summed E-state index contributed by atoms with van der Waals surface area (Å²) in [7, 11) is -14.9. The van der Waals surface area contributed by atoms with Crippen molar-refractivity contribution in [1.82, 2.24) is 0 Å². The molecule has 0 aliphatic carbocycles. The number of hydrogen-bond acceptors (Lipinski definition) is 8. The highest BCUT2D eigenvalue weighted by atomic mass is 28.6. The Kier molecular flexibility index (Phi) is 3.69. The minimum Gasteiger partial charge on any atom is -0.371 e. The third-order valence-electron chi connectivity index (χ3n) is 1.51. The van der Waals surface area contributed by atoms with Gasteiger partial charge in [0, 0.05) is 0 Å².